The highest BCUT2D eigenvalue weighted by Gasteiger charge is 2.31. The van der Waals surface area contributed by atoms with Gasteiger partial charge in [-0.15, -0.1) is 0 Å². The lowest BCUT2D eigenvalue weighted by Crippen LogP contribution is -2.50. The van der Waals surface area contributed by atoms with Crippen LogP contribution in [0.15, 0.2) is 0 Å². The van der Waals surface area contributed by atoms with Gasteiger partial charge in [0.2, 0.25) is 0 Å². The fourth-order valence-electron chi connectivity index (χ4n) is 3.13. The van der Waals surface area contributed by atoms with Crippen LogP contribution in [-0.2, 0) is 0 Å². The molecule has 1 fully saturated rings. The summed E-state index contributed by atoms with van der Waals surface area (Å²) < 4.78 is 0. The number of nitrogens with two attached hydrogens (primary N) is 1. The van der Waals surface area contributed by atoms with Gasteiger partial charge in [-0.25, -0.2) is 0 Å². The third kappa shape index (κ3) is 3.44. The maximum Gasteiger partial charge on any atom is 0.0147 e. The molecule has 0 bridgehead atoms. The Labute approximate surface area is 101 Å². The summed E-state index contributed by atoms with van der Waals surface area (Å²) in [6.07, 6.45) is 2.67. The first-order valence-electron chi connectivity index (χ1n) is 6.66. The van der Waals surface area contributed by atoms with Crippen LogP contribution in [0.25, 0.3) is 0 Å². The van der Waals surface area contributed by atoms with E-state index in [-0.39, 0.29) is 0 Å². The highest BCUT2D eigenvalue weighted by atomic mass is 15.1. The zero-order chi connectivity index (χ0) is 12.1. The molecule has 0 radical (unpaired) electrons. The van der Waals surface area contributed by atoms with Gasteiger partial charge in [0.15, 0.2) is 0 Å². The fraction of sp³-hybridized carbons (Fsp3) is 1.00. The van der Waals surface area contributed by atoms with E-state index in [0.29, 0.717) is 17.9 Å². The van der Waals surface area contributed by atoms with Crippen LogP contribution in [0.5, 0.6) is 0 Å². The second kappa shape index (κ2) is 6.58. The summed E-state index contributed by atoms with van der Waals surface area (Å²) in [6, 6.07) is 0.577. The molecule has 1 rings (SSSR count). The number of hydrogen-bond acceptors (Lipinski definition) is 3. The lowest BCUT2D eigenvalue weighted by atomic mass is 9.78. The molecule has 0 spiro atoms. The fourth-order valence-corrected chi connectivity index (χ4v) is 3.13. The Kier molecular flexibility index (Phi) is 5.73. The Morgan fingerprint density at radius 2 is 2.12 bits per heavy atom. The van der Waals surface area contributed by atoms with Gasteiger partial charge in [-0.2, -0.15) is 0 Å². The number of nitrogens with one attached hydrogen (secondary N) is 1. The van der Waals surface area contributed by atoms with Crippen molar-refractivity contribution in [3.63, 3.8) is 0 Å². The molecule has 16 heavy (non-hydrogen) atoms. The van der Waals surface area contributed by atoms with Crippen molar-refractivity contribution in [1.82, 2.24) is 10.2 Å². The lowest BCUT2D eigenvalue weighted by molar-refractivity contribution is 0.133. The average molecular weight is 227 g/mol. The number of piperidine rings is 1. The van der Waals surface area contributed by atoms with Crippen LogP contribution < -0.4 is 11.1 Å². The van der Waals surface area contributed by atoms with Crippen molar-refractivity contribution >= 4 is 0 Å². The number of likely N-dealkylation sites (tertiary alicyclic amines) is 1. The highest BCUT2D eigenvalue weighted by molar-refractivity contribution is 4.87. The summed E-state index contributed by atoms with van der Waals surface area (Å²) in [7, 11) is 4.32. The van der Waals surface area contributed by atoms with Crippen LogP contribution in [0.1, 0.15) is 26.7 Å². The molecule has 0 aromatic rings. The maximum atomic E-state index is 5.94. The van der Waals surface area contributed by atoms with Gasteiger partial charge in [0.1, 0.15) is 0 Å². The molecular weight excluding hydrogens is 198 g/mol. The van der Waals surface area contributed by atoms with Crippen molar-refractivity contribution < 1.29 is 0 Å². The lowest BCUT2D eigenvalue weighted by Gasteiger charge is -2.40. The molecule has 3 heteroatoms. The minimum atomic E-state index is 0.577. The minimum absolute atomic E-state index is 0.577. The second-order valence-electron chi connectivity index (χ2n) is 5.62. The van der Waals surface area contributed by atoms with E-state index >= 15 is 0 Å². The molecule has 0 amide bonds. The Morgan fingerprint density at radius 1 is 1.44 bits per heavy atom. The molecule has 0 aliphatic carbocycles. The molecule has 1 aliphatic rings. The first-order valence-corrected chi connectivity index (χ1v) is 6.66. The smallest absolute Gasteiger partial charge is 0.0147 e. The van der Waals surface area contributed by atoms with E-state index in [1.165, 1.54) is 25.9 Å². The zero-order valence-electron chi connectivity index (χ0n) is 11.4. The third-order valence-corrected chi connectivity index (χ3v) is 4.09. The van der Waals surface area contributed by atoms with Crippen molar-refractivity contribution in [3.05, 3.63) is 0 Å². The van der Waals surface area contributed by atoms with E-state index in [0.717, 1.165) is 12.5 Å². The van der Waals surface area contributed by atoms with E-state index in [2.05, 4.69) is 38.2 Å². The number of hydrogen-bond donors (Lipinski definition) is 2. The molecule has 1 saturated heterocycles. The average Bonchev–Trinajstić information content (AvgIpc) is 2.25. The topological polar surface area (TPSA) is 41.3 Å². The van der Waals surface area contributed by atoms with Crippen LogP contribution in [-0.4, -0.2) is 44.7 Å². The molecule has 3 N–H and O–H groups in total. The molecule has 0 aromatic carbocycles. The summed E-state index contributed by atoms with van der Waals surface area (Å²) in [5.41, 5.74) is 5.94. The Bertz CT molecular complexity index is 194. The van der Waals surface area contributed by atoms with Gasteiger partial charge in [-0.1, -0.05) is 13.8 Å². The van der Waals surface area contributed by atoms with E-state index in [9.17, 15) is 0 Å². The normalized spacial score (nSPS) is 27.0. The molecule has 3 unspecified atom stereocenters. The zero-order valence-corrected chi connectivity index (χ0v) is 11.4. The molecule has 1 aliphatic heterocycles. The van der Waals surface area contributed by atoms with Crippen LogP contribution in [0.3, 0.4) is 0 Å². The van der Waals surface area contributed by atoms with Crippen LogP contribution in [0, 0.1) is 17.8 Å². The summed E-state index contributed by atoms with van der Waals surface area (Å²) in [6.45, 7) is 7.84. The summed E-state index contributed by atoms with van der Waals surface area (Å²) in [5, 5.41) is 3.52. The third-order valence-electron chi connectivity index (χ3n) is 4.09. The summed E-state index contributed by atoms with van der Waals surface area (Å²) in [4.78, 5) is 2.45. The van der Waals surface area contributed by atoms with Crippen molar-refractivity contribution in [3.8, 4) is 0 Å². The molecule has 96 valence electrons. The molecule has 3 atom stereocenters. The Hall–Kier alpha value is -0.120. The van der Waals surface area contributed by atoms with Gasteiger partial charge in [0.05, 0.1) is 0 Å². The predicted molar refractivity (Wildman–Crippen MR) is 70.5 cm³/mol. The maximum absolute atomic E-state index is 5.94. The van der Waals surface area contributed by atoms with E-state index < -0.39 is 0 Å². The Balaban J connectivity index is 2.64. The molecule has 3 nitrogen and oxygen atoms in total. The largest absolute Gasteiger partial charge is 0.330 e. The molecule has 0 saturated carbocycles. The van der Waals surface area contributed by atoms with Crippen molar-refractivity contribution in [2.24, 2.45) is 23.5 Å². The quantitative estimate of drug-likeness (QED) is 0.740. The van der Waals surface area contributed by atoms with Gasteiger partial charge in [0.25, 0.3) is 0 Å². The summed E-state index contributed by atoms with van der Waals surface area (Å²) in [5.74, 6) is 2.02. The summed E-state index contributed by atoms with van der Waals surface area (Å²) >= 11 is 0. The number of rotatable bonds is 5. The number of nitrogens with zero attached hydrogens (tertiary/aromatic N) is 1. The van der Waals surface area contributed by atoms with E-state index in [1.54, 1.807) is 0 Å². The SMILES string of the molecule is CNC(C1CCCN(C)C1)C(CN)C(C)C. The van der Waals surface area contributed by atoms with Crippen molar-refractivity contribution in [1.29, 1.82) is 0 Å². The van der Waals surface area contributed by atoms with Crippen LogP contribution in [0.2, 0.25) is 0 Å². The molecule has 1 heterocycles. The minimum Gasteiger partial charge on any atom is -0.330 e. The van der Waals surface area contributed by atoms with Gasteiger partial charge in [-0.3, -0.25) is 0 Å². The van der Waals surface area contributed by atoms with Crippen molar-refractivity contribution in [2.75, 3.05) is 33.7 Å². The second-order valence-corrected chi connectivity index (χ2v) is 5.62. The van der Waals surface area contributed by atoms with Crippen molar-refractivity contribution in [2.45, 2.75) is 32.7 Å². The van der Waals surface area contributed by atoms with E-state index in [1.807, 2.05) is 0 Å². The van der Waals surface area contributed by atoms with Gasteiger partial charge in [0, 0.05) is 12.6 Å². The van der Waals surface area contributed by atoms with E-state index in [4.69, 9.17) is 5.73 Å². The first kappa shape index (κ1) is 13.9. The first-order chi connectivity index (χ1) is 7.60. The highest BCUT2D eigenvalue weighted by Crippen LogP contribution is 2.26. The molecular formula is C13H29N3. The van der Waals surface area contributed by atoms with Gasteiger partial charge < -0.3 is 16.0 Å². The monoisotopic (exact) mass is 227 g/mol. The van der Waals surface area contributed by atoms with Crippen LogP contribution >= 0.6 is 0 Å². The van der Waals surface area contributed by atoms with Gasteiger partial charge in [-0.05, 0) is 57.8 Å². The standard InChI is InChI=1S/C13H29N3/c1-10(2)12(8-14)13(15-3)11-6-5-7-16(4)9-11/h10-13,15H,5-9,14H2,1-4H3. The molecule has 0 aromatic heterocycles. The van der Waals surface area contributed by atoms with Crippen LogP contribution in [0.4, 0.5) is 0 Å². The predicted octanol–water partition coefficient (Wildman–Crippen LogP) is 1.15. The Morgan fingerprint density at radius 3 is 2.56 bits per heavy atom. The van der Waals surface area contributed by atoms with Gasteiger partial charge >= 0.3 is 0 Å².